The van der Waals surface area contributed by atoms with E-state index in [1.54, 1.807) is 0 Å². The standard InChI is InChI=1S/C9H19B/c1-3-4-5-6-7-8-9(2)10/h7-9H,3-6,10H2,1-2H3/b8-7-. The average molecular weight is 138 g/mol. The maximum atomic E-state index is 2.31. The van der Waals surface area contributed by atoms with Crippen LogP contribution < -0.4 is 0 Å². The lowest BCUT2D eigenvalue weighted by molar-refractivity contribution is 0.728. The first-order chi connectivity index (χ1) is 4.77. The van der Waals surface area contributed by atoms with Gasteiger partial charge in [-0.25, -0.2) is 0 Å². The summed E-state index contributed by atoms with van der Waals surface area (Å²) in [5, 5.41) is 0. The quantitative estimate of drug-likeness (QED) is 0.311. The van der Waals surface area contributed by atoms with Gasteiger partial charge in [-0.3, -0.25) is 0 Å². The molecule has 1 unspecified atom stereocenters. The molecule has 0 aliphatic rings. The van der Waals surface area contributed by atoms with Crippen molar-refractivity contribution in [2.75, 3.05) is 0 Å². The maximum absolute atomic E-state index is 2.31. The average Bonchev–Trinajstić information content (AvgIpc) is 1.87. The van der Waals surface area contributed by atoms with Crippen molar-refractivity contribution in [2.24, 2.45) is 0 Å². The lowest BCUT2D eigenvalue weighted by Crippen LogP contribution is -1.76. The minimum absolute atomic E-state index is 0.724. The maximum Gasteiger partial charge on any atom is 0.109 e. The lowest BCUT2D eigenvalue weighted by atomic mass is 9.89. The van der Waals surface area contributed by atoms with Gasteiger partial charge in [0.2, 0.25) is 0 Å². The van der Waals surface area contributed by atoms with Gasteiger partial charge < -0.3 is 0 Å². The van der Waals surface area contributed by atoms with E-state index < -0.39 is 0 Å². The molecule has 0 nitrogen and oxygen atoms in total. The zero-order valence-electron chi connectivity index (χ0n) is 7.56. The van der Waals surface area contributed by atoms with E-state index in [1.165, 1.54) is 25.7 Å². The van der Waals surface area contributed by atoms with E-state index in [9.17, 15) is 0 Å². The zero-order valence-corrected chi connectivity index (χ0v) is 7.56. The molecule has 0 aliphatic carbocycles. The molecule has 0 amide bonds. The lowest BCUT2D eigenvalue weighted by Gasteiger charge is -1.93. The van der Waals surface area contributed by atoms with E-state index in [2.05, 4.69) is 33.8 Å². The van der Waals surface area contributed by atoms with Crippen LogP contribution in [0.15, 0.2) is 12.2 Å². The molecule has 0 aromatic rings. The molecule has 0 radical (unpaired) electrons. The molecule has 0 saturated heterocycles. The smallest absolute Gasteiger partial charge is 0.0937 e. The van der Waals surface area contributed by atoms with Crippen LogP contribution in [-0.2, 0) is 0 Å². The van der Waals surface area contributed by atoms with E-state index in [-0.39, 0.29) is 0 Å². The highest BCUT2D eigenvalue weighted by Gasteiger charge is 1.84. The second kappa shape index (κ2) is 6.92. The van der Waals surface area contributed by atoms with Crippen LogP contribution in [0.3, 0.4) is 0 Å². The minimum Gasteiger partial charge on any atom is -0.0937 e. The summed E-state index contributed by atoms with van der Waals surface area (Å²) in [5.41, 5.74) is 0. The van der Waals surface area contributed by atoms with Crippen molar-refractivity contribution >= 4 is 7.85 Å². The Kier molecular flexibility index (Phi) is 6.78. The molecule has 0 N–H and O–H groups in total. The van der Waals surface area contributed by atoms with E-state index >= 15 is 0 Å². The molecule has 0 saturated carbocycles. The Balaban J connectivity index is 3.02. The topological polar surface area (TPSA) is 0 Å². The van der Waals surface area contributed by atoms with E-state index in [1.807, 2.05) is 0 Å². The Morgan fingerprint density at radius 3 is 2.60 bits per heavy atom. The predicted octanol–water partition coefficient (Wildman–Crippen LogP) is 2.56. The molecule has 1 heteroatoms. The molecule has 58 valence electrons. The summed E-state index contributed by atoms with van der Waals surface area (Å²) in [6.07, 6.45) is 9.93. The largest absolute Gasteiger partial charge is 0.109 e. The molecule has 0 rings (SSSR count). The third-order valence-electron chi connectivity index (χ3n) is 1.50. The van der Waals surface area contributed by atoms with Crippen LogP contribution in [0.2, 0.25) is 5.82 Å². The normalized spacial score (nSPS) is 14.2. The number of unbranched alkanes of at least 4 members (excludes halogenated alkanes) is 3. The van der Waals surface area contributed by atoms with Crippen LogP contribution in [0.4, 0.5) is 0 Å². The van der Waals surface area contributed by atoms with Crippen molar-refractivity contribution in [3.8, 4) is 0 Å². The summed E-state index contributed by atoms with van der Waals surface area (Å²) in [6.45, 7) is 4.46. The van der Waals surface area contributed by atoms with Crippen molar-refractivity contribution in [3.05, 3.63) is 12.2 Å². The summed E-state index contributed by atoms with van der Waals surface area (Å²) < 4.78 is 0. The molecule has 0 fully saturated rings. The Bertz CT molecular complexity index is 84.7. The summed E-state index contributed by atoms with van der Waals surface area (Å²) in [6, 6.07) is 0. The van der Waals surface area contributed by atoms with Gasteiger partial charge in [-0.05, 0) is 12.8 Å². The number of rotatable bonds is 5. The van der Waals surface area contributed by atoms with Crippen LogP contribution in [0, 0.1) is 0 Å². The van der Waals surface area contributed by atoms with Gasteiger partial charge in [0.1, 0.15) is 7.85 Å². The summed E-state index contributed by atoms with van der Waals surface area (Å²) in [4.78, 5) is 0. The molecule has 0 aromatic carbocycles. The Morgan fingerprint density at radius 1 is 1.40 bits per heavy atom. The third-order valence-corrected chi connectivity index (χ3v) is 1.50. The first-order valence-corrected chi connectivity index (χ1v) is 4.44. The second-order valence-electron chi connectivity index (χ2n) is 3.17. The van der Waals surface area contributed by atoms with E-state index in [0.717, 1.165) is 5.82 Å². The van der Waals surface area contributed by atoms with Crippen LogP contribution in [-0.4, -0.2) is 7.85 Å². The Hall–Kier alpha value is -0.195. The first kappa shape index (κ1) is 9.80. The van der Waals surface area contributed by atoms with Crippen LogP contribution >= 0.6 is 0 Å². The highest BCUT2D eigenvalue weighted by Crippen LogP contribution is 2.03. The molecule has 1 atom stereocenters. The molecular weight excluding hydrogens is 119 g/mol. The summed E-state index contributed by atoms with van der Waals surface area (Å²) >= 11 is 0. The fourth-order valence-electron chi connectivity index (χ4n) is 0.881. The fraction of sp³-hybridized carbons (Fsp3) is 0.778. The number of allylic oxidation sites excluding steroid dienone is 2. The SMILES string of the molecule is BC(C)/C=C\CCCCC. The molecular formula is C9H19B. The number of hydrogen-bond donors (Lipinski definition) is 0. The van der Waals surface area contributed by atoms with Crippen molar-refractivity contribution < 1.29 is 0 Å². The highest BCUT2D eigenvalue weighted by molar-refractivity contribution is 6.12. The number of hydrogen-bond acceptors (Lipinski definition) is 0. The van der Waals surface area contributed by atoms with Crippen LogP contribution in [0.25, 0.3) is 0 Å². The fourth-order valence-corrected chi connectivity index (χ4v) is 0.881. The van der Waals surface area contributed by atoms with Gasteiger partial charge in [0.25, 0.3) is 0 Å². The molecule has 0 aromatic heterocycles. The first-order valence-electron chi connectivity index (χ1n) is 4.44. The van der Waals surface area contributed by atoms with Gasteiger partial charge in [0, 0.05) is 0 Å². The van der Waals surface area contributed by atoms with Crippen LogP contribution in [0.1, 0.15) is 39.5 Å². The van der Waals surface area contributed by atoms with E-state index in [0.29, 0.717) is 0 Å². The highest BCUT2D eigenvalue weighted by atomic mass is 13.9. The van der Waals surface area contributed by atoms with Gasteiger partial charge >= 0.3 is 0 Å². The van der Waals surface area contributed by atoms with Crippen molar-refractivity contribution in [2.45, 2.75) is 45.3 Å². The predicted molar refractivity (Wildman–Crippen MR) is 51.3 cm³/mol. The van der Waals surface area contributed by atoms with Gasteiger partial charge in [0.15, 0.2) is 0 Å². The van der Waals surface area contributed by atoms with Crippen LogP contribution in [0.5, 0.6) is 0 Å². The summed E-state index contributed by atoms with van der Waals surface area (Å²) in [5.74, 6) is 0.724. The van der Waals surface area contributed by atoms with Gasteiger partial charge in [0.05, 0.1) is 0 Å². The van der Waals surface area contributed by atoms with Crippen molar-refractivity contribution in [1.29, 1.82) is 0 Å². The third kappa shape index (κ3) is 7.80. The van der Waals surface area contributed by atoms with Crippen molar-refractivity contribution in [3.63, 3.8) is 0 Å². The van der Waals surface area contributed by atoms with Gasteiger partial charge in [-0.15, -0.1) is 0 Å². The molecule has 0 bridgehead atoms. The molecule has 10 heavy (non-hydrogen) atoms. The van der Waals surface area contributed by atoms with Gasteiger partial charge in [-0.1, -0.05) is 44.7 Å². The minimum atomic E-state index is 0.724. The Morgan fingerprint density at radius 2 is 2.10 bits per heavy atom. The Labute approximate surface area is 66.1 Å². The van der Waals surface area contributed by atoms with Crippen molar-refractivity contribution in [1.82, 2.24) is 0 Å². The van der Waals surface area contributed by atoms with Gasteiger partial charge in [-0.2, -0.15) is 0 Å². The second-order valence-corrected chi connectivity index (χ2v) is 3.17. The molecule has 0 spiro atoms. The summed E-state index contributed by atoms with van der Waals surface area (Å²) in [7, 11) is 2.22. The monoisotopic (exact) mass is 138 g/mol. The molecule has 0 aliphatic heterocycles. The van der Waals surface area contributed by atoms with E-state index in [4.69, 9.17) is 0 Å². The molecule has 0 heterocycles. The zero-order chi connectivity index (χ0) is 7.82.